The van der Waals surface area contributed by atoms with Crippen LogP contribution in [-0.4, -0.2) is 50.0 Å². The van der Waals surface area contributed by atoms with E-state index in [9.17, 15) is 4.79 Å². The van der Waals surface area contributed by atoms with Crippen LogP contribution in [0.4, 0.5) is 0 Å². The lowest BCUT2D eigenvalue weighted by atomic mass is 9.79. The molecule has 2 saturated heterocycles. The molecular formula is C20H27IN4OS. The molecule has 27 heavy (non-hydrogen) atoms. The minimum atomic E-state index is 0. The molecule has 4 rings (SSSR count). The van der Waals surface area contributed by atoms with Crippen molar-refractivity contribution in [3.63, 3.8) is 0 Å². The van der Waals surface area contributed by atoms with Gasteiger partial charge in [0.2, 0.25) is 5.91 Å². The highest BCUT2D eigenvalue weighted by molar-refractivity contribution is 14.0. The maximum absolute atomic E-state index is 11.7. The van der Waals surface area contributed by atoms with E-state index in [1.165, 1.54) is 15.6 Å². The first kappa shape index (κ1) is 20.4. The summed E-state index contributed by atoms with van der Waals surface area (Å²) in [6.45, 7) is 3.60. The van der Waals surface area contributed by atoms with Crippen LogP contribution in [0.2, 0.25) is 0 Å². The molecule has 2 aromatic rings. The maximum atomic E-state index is 11.7. The second-order valence-corrected chi connectivity index (χ2v) is 8.37. The minimum Gasteiger partial charge on any atom is -0.356 e. The summed E-state index contributed by atoms with van der Waals surface area (Å²) < 4.78 is 1.35. The zero-order chi connectivity index (χ0) is 18.0. The van der Waals surface area contributed by atoms with Gasteiger partial charge in [-0.05, 0) is 41.7 Å². The summed E-state index contributed by atoms with van der Waals surface area (Å²) in [5, 5.41) is 10.2. The third-order valence-electron chi connectivity index (χ3n) is 5.61. The number of aliphatic imine (C=N–C) groups is 1. The number of halogens is 1. The molecule has 2 aliphatic rings. The molecule has 1 amide bonds. The molecule has 2 aliphatic heterocycles. The van der Waals surface area contributed by atoms with Gasteiger partial charge in [-0.2, -0.15) is 0 Å². The molecule has 0 radical (unpaired) electrons. The van der Waals surface area contributed by atoms with E-state index in [2.05, 4.69) is 50.2 Å². The fourth-order valence-corrected chi connectivity index (χ4v) is 5.29. The number of nitrogens with zero attached hydrogens (tertiary/aromatic N) is 2. The Morgan fingerprint density at radius 2 is 2.26 bits per heavy atom. The zero-order valence-electron chi connectivity index (χ0n) is 15.7. The van der Waals surface area contributed by atoms with Gasteiger partial charge < -0.3 is 15.5 Å². The predicted molar refractivity (Wildman–Crippen MR) is 123 cm³/mol. The number of thiophene rings is 1. The van der Waals surface area contributed by atoms with Crippen LogP contribution in [0, 0.1) is 5.41 Å². The zero-order valence-corrected chi connectivity index (χ0v) is 18.8. The highest BCUT2D eigenvalue weighted by Crippen LogP contribution is 2.36. The number of fused-ring (bicyclic) bond motifs is 1. The number of likely N-dealkylation sites (tertiary alicyclic amines) is 1. The number of rotatable bonds is 3. The predicted octanol–water partition coefficient (Wildman–Crippen LogP) is 3.24. The van der Waals surface area contributed by atoms with Crippen molar-refractivity contribution in [3.8, 4) is 0 Å². The third-order valence-corrected chi connectivity index (χ3v) is 6.62. The van der Waals surface area contributed by atoms with Crippen LogP contribution in [0.15, 0.2) is 34.6 Å². The summed E-state index contributed by atoms with van der Waals surface area (Å²) in [4.78, 5) is 18.5. The smallest absolute Gasteiger partial charge is 0.220 e. The summed E-state index contributed by atoms with van der Waals surface area (Å²) in [6.07, 6.45) is 3.88. The highest BCUT2D eigenvalue weighted by Gasteiger charge is 2.42. The Bertz CT molecular complexity index is 836. The number of hydrogen-bond acceptors (Lipinski definition) is 3. The molecule has 1 aromatic carbocycles. The van der Waals surface area contributed by atoms with Gasteiger partial charge in [-0.1, -0.05) is 18.2 Å². The molecule has 2 fully saturated rings. The van der Waals surface area contributed by atoms with Gasteiger partial charge in [0, 0.05) is 49.8 Å². The monoisotopic (exact) mass is 498 g/mol. The Hall–Kier alpha value is -1.35. The van der Waals surface area contributed by atoms with E-state index in [0.29, 0.717) is 6.42 Å². The molecule has 3 heterocycles. The van der Waals surface area contributed by atoms with E-state index in [-0.39, 0.29) is 35.3 Å². The van der Waals surface area contributed by atoms with Crippen molar-refractivity contribution in [2.24, 2.45) is 10.4 Å². The number of amides is 1. The quantitative estimate of drug-likeness (QED) is 0.388. The number of carbonyl (C=O) groups is 1. The van der Waals surface area contributed by atoms with Crippen LogP contribution < -0.4 is 10.6 Å². The van der Waals surface area contributed by atoms with Crippen LogP contribution in [0.5, 0.6) is 0 Å². The van der Waals surface area contributed by atoms with Gasteiger partial charge in [0.15, 0.2) is 5.96 Å². The molecule has 5 nitrogen and oxygen atoms in total. The lowest BCUT2D eigenvalue weighted by molar-refractivity contribution is -0.119. The van der Waals surface area contributed by atoms with E-state index in [4.69, 9.17) is 0 Å². The van der Waals surface area contributed by atoms with Gasteiger partial charge >= 0.3 is 0 Å². The molecule has 0 bridgehead atoms. The van der Waals surface area contributed by atoms with Crippen LogP contribution in [0.3, 0.4) is 0 Å². The number of nitrogens with one attached hydrogen (secondary N) is 2. The van der Waals surface area contributed by atoms with Crippen molar-refractivity contribution in [1.29, 1.82) is 0 Å². The summed E-state index contributed by atoms with van der Waals surface area (Å²) in [7, 11) is 1.85. The number of guanidine groups is 1. The summed E-state index contributed by atoms with van der Waals surface area (Å²) >= 11 is 1.81. The van der Waals surface area contributed by atoms with Crippen molar-refractivity contribution in [3.05, 3.63) is 35.2 Å². The second kappa shape index (κ2) is 8.77. The SMILES string of the molecule is CN=C(NCCc1csc2ccccc12)N1CCCC2(CNC(=O)C2)C1.I. The molecular weight excluding hydrogens is 471 g/mol. The van der Waals surface area contributed by atoms with Gasteiger partial charge in [-0.15, -0.1) is 35.3 Å². The number of carbonyl (C=O) groups excluding carboxylic acids is 1. The first-order chi connectivity index (χ1) is 12.7. The summed E-state index contributed by atoms with van der Waals surface area (Å²) in [6, 6.07) is 8.58. The molecule has 1 unspecified atom stereocenters. The number of hydrogen-bond donors (Lipinski definition) is 2. The van der Waals surface area contributed by atoms with Gasteiger partial charge in [0.25, 0.3) is 0 Å². The van der Waals surface area contributed by atoms with Crippen molar-refractivity contribution in [2.45, 2.75) is 25.7 Å². The molecule has 1 atom stereocenters. The first-order valence-corrected chi connectivity index (χ1v) is 10.2. The molecule has 7 heteroatoms. The molecule has 1 aromatic heterocycles. The topological polar surface area (TPSA) is 56.7 Å². The van der Waals surface area contributed by atoms with E-state index in [1.54, 1.807) is 0 Å². The normalized spacial score (nSPS) is 22.8. The molecule has 1 spiro atoms. The van der Waals surface area contributed by atoms with E-state index < -0.39 is 0 Å². The first-order valence-electron chi connectivity index (χ1n) is 9.37. The Morgan fingerprint density at radius 1 is 1.41 bits per heavy atom. The Kier molecular flexibility index (Phi) is 6.62. The lowest BCUT2D eigenvalue weighted by Crippen LogP contribution is -2.51. The van der Waals surface area contributed by atoms with E-state index in [0.717, 1.165) is 51.4 Å². The van der Waals surface area contributed by atoms with Crippen molar-refractivity contribution >= 4 is 57.3 Å². The molecule has 2 N–H and O–H groups in total. The summed E-state index contributed by atoms with van der Waals surface area (Å²) in [5.74, 6) is 1.15. The highest BCUT2D eigenvalue weighted by atomic mass is 127. The number of piperidine rings is 1. The fourth-order valence-electron chi connectivity index (χ4n) is 4.30. The Labute approximate surface area is 181 Å². The number of benzene rings is 1. The lowest BCUT2D eigenvalue weighted by Gasteiger charge is -2.40. The third kappa shape index (κ3) is 4.39. The Morgan fingerprint density at radius 3 is 3.04 bits per heavy atom. The standard InChI is InChI=1S/C20H26N4OS.HI/c1-21-19(24-10-4-8-20(14-24)11-18(25)23-13-20)22-9-7-15-12-26-17-6-3-2-5-16(15)17;/h2-3,5-6,12H,4,7-11,13-14H2,1H3,(H,21,22)(H,23,25);1H. The summed E-state index contributed by atoms with van der Waals surface area (Å²) in [5.41, 5.74) is 1.49. The van der Waals surface area contributed by atoms with Crippen molar-refractivity contribution < 1.29 is 4.79 Å². The van der Waals surface area contributed by atoms with Crippen LogP contribution in [0.1, 0.15) is 24.8 Å². The second-order valence-electron chi connectivity index (χ2n) is 7.46. The molecule has 0 saturated carbocycles. The maximum Gasteiger partial charge on any atom is 0.220 e. The molecule has 0 aliphatic carbocycles. The van der Waals surface area contributed by atoms with Gasteiger partial charge in [-0.3, -0.25) is 9.79 Å². The van der Waals surface area contributed by atoms with Crippen molar-refractivity contribution in [2.75, 3.05) is 33.2 Å². The van der Waals surface area contributed by atoms with Gasteiger partial charge in [-0.25, -0.2) is 0 Å². The van der Waals surface area contributed by atoms with E-state index in [1.807, 2.05) is 18.4 Å². The average molecular weight is 498 g/mol. The van der Waals surface area contributed by atoms with Crippen molar-refractivity contribution in [1.82, 2.24) is 15.5 Å². The van der Waals surface area contributed by atoms with Crippen LogP contribution >= 0.6 is 35.3 Å². The molecule has 146 valence electrons. The van der Waals surface area contributed by atoms with Gasteiger partial charge in [0.1, 0.15) is 0 Å². The van der Waals surface area contributed by atoms with Gasteiger partial charge in [0.05, 0.1) is 0 Å². The Balaban J connectivity index is 0.00000210. The fraction of sp³-hybridized carbons (Fsp3) is 0.500. The van der Waals surface area contributed by atoms with Crippen LogP contribution in [-0.2, 0) is 11.2 Å². The largest absolute Gasteiger partial charge is 0.356 e. The van der Waals surface area contributed by atoms with E-state index >= 15 is 0 Å². The van der Waals surface area contributed by atoms with Crippen LogP contribution in [0.25, 0.3) is 10.1 Å². The average Bonchev–Trinajstić information content (AvgIpc) is 3.22. The minimum absolute atomic E-state index is 0.